The molecule has 0 radical (unpaired) electrons. The quantitative estimate of drug-likeness (QED) is 0.778. The first kappa shape index (κ1) is 17.0. The van der Waals surface area contributed by atoms with Crippen molar-refractivity contribution >= 4 is 17.7 Å². The second-order valence-corrected chi connectivity index (χ2v) is 6.70. The van der Waals surface area contributed by atoms with E-state index in [1.807, 2.05) is 0 Å². The molecule has 0 saturated carbocycles. The zero-order valence-electron chi connectivity index (χ0n) is 12.9. The Morgan fingerprint density at radius 3 is 2.73 bits per heavy atom. The van der Waals surface area contributed by atoms with Gasteiger partial charge in [0.2, 0.25) is 0 Å². The fraction of sp³-hybridized carbons (Fsp3) is 0.714. The zero-order valence-corrected chi connectivity index (χ0v) is 13.6. The number of alkyl halides is 3. The van der Waals surface area contributed by atoms with Crippen molar-refractivity contribution in [2.75, 3.05) is 13.1 Å². The standard InChI is InChI=1S/C14H20ClF2N3O2/c1-13(2,3)22-12(21)19-5-4-11(14(16,17)9-19)20-8-10(6-15)7-18-20/h7-8,11H,4-6,9H2,1-3H3. The van der Waals surface area contributed by atoms with E-state index in [2.05, 4.69) is 5.10 Å². The Labute approximate surface area is 133 Å². The number of carbonyl (C=O) groups is 1. The molecule has 1 amide bonds. The molecular formula is C14H20ClF2N3O2. The van der Waals surface area contributed by atoms with Gasteiger partial charge in [0.05, 0.1) is 18.6 Å². The molecule has 2 heterocycles. The fourth-order valence-electron chi connectivity index (χ4n) is 2.35. The number of piperidine rings is 1. The van der Waals surface area contributed by atoms with Crippen LogP contribution in [0.1, 0.15) is 38.8 Å². The van der Waals surface area contributed by atoms with Gasteiger partial charge in [-0.25, -0.2) is 13.6 Å². The zero-order chi connectivity index (χ0) is 16.5. The number of rotatable bonds is 2. The van der Waals surface area contributed by atoms with E-state index in [9.17, 15) is 13.6 Å². The Kier molecular flexibility index (Phi) is 4.65. The summed E-state index contributed by atoms with van der Waals surface area (Å²) in [6.07, 6.45) is 2.39. The molecule has 22 heavy (non-hydrogen) atoms. The van der Waals surface area contributed by atoms with E-state index >= 15 is 0 Å². The maximum absolute atomic E-state index is 14.4. The monoisotopic (exact) mass is 335 g/mol. The van der Waals surface area contributed by atoms with Crippen LogP contribution in [0.25, 0.3) is 0 Å². The lowest BCUT2D eigenvalue weighted by Crippen LogP contribution is -2.52. The lowest BCUT2D eigenvalue weighted by molar-refractivity contribution is -0.106. The van der Waals surface area contributed by atoms with Crippen LogP contribution < -0.4 is 0 Å². The van der Waals surface area contributed by atoms with Crippen LogP contribution in [0, 0.1) is 0 Å². The van der Waals surface area contributed by atoms with E-state index in [4.69, 9.17) is 16.3 Å². The molecule has 0 bridgehead atoms. The maximum atomic E-state index is 14.4. The summed E-state index contributed by atoms with van der Waals surface area (Å²) in [5, 5.41) is 3.95. The molecule has 1 fully saturated rings. The van der Waals surface area contributed by atoms with Crippen molar-refractivity contribution in [3.63, 3.8) is 0 Å². The number of amides is 1. The van der Waals surface area contributed by atoms with E-state index in [0.29, 0.717) is 5.56 Å². The summed E-state index contributed by atoms with van der Waals surface area (Å²) < 4.78 is 35.1. The van der Waals surface area contributed by atoms with Gasteiger partial charge >= 0.3 is 6.09 Å². The van der Waals surface area contributed by atoms with Gasteiger partial charge in [-0.2, -0.15) is 5.10 Å². The minimum absolute atomic E-state index is 0.107. The van der Waals surface area contributed by atoms with Crippen LogP contribution in [0.2, 0.25) is 0 Å². The first-order chi connectivity index (χ1) is 10.1. The second kappa shape index (κ2) is 6.02. The molecule has 5 nitrogen and oxygen atoms in total. The Balaban J connectivity index is 2.07. The highest BCUT2D eigenvalue weighted by Gasteiger charge is 2.48. The molecule has 2 rings (SSSR count). The molecule has 0 N–H and O–H groups in total. The van der Waals surface area contributed by atoms with Gasteiger partial charge in [-0.05, 0) is 27.2 Å². The van der Waals surface area contributed by atoms with Gasteiger partial charge in [0.1, 0.15) is 11.6 Å². The highest BCUT2D eigenvalue weighted by molar-refractivity contribution is 6.17. The normalized spacial score (nSPS) is 21.7. The van der Waals surface area contributed by atoms with Crippen LogP contribution in [0.4, 0.5) is 13.6 Å². The third kappa shape index (κ3) is 3.88. The lowest BCUT2D eigenvalue weighted by Gasteiger charge is -2.38. The predicted octanol–water partition coefficient (Wildman–Crippen LogP) is 3.44. The van der Waals surface area contributed by atoms with Gasteiger partial charge in [-0.3, -0.25) is 4.68 Å². The molecule has 0 aromatic carbocycles. The summed E-state index contributed by atoms with van der Waals surface area (Å²) in [7, 11) is 0. The molecule has 1 saturated heterocycles. The number of ether oxygens (including phenoxy) is 1. The van der Waals surface area contributed by atoms with Crippen molar-refractivity contribution in [3.05, 3.63) is 18.0 Å². The number of halogens is 3. The Hall–Kier alpha value is -1.37. The molecule has 1 aromatic rings. The van der Waals surface area contributed by atoms with E-state index in [0.717, 1.165) is 4.90 Å². The SMILES string of the molecule is CC(C)(C)OC(=O)N1CCC(n2cc(CCl)cn2)C(F)(F)C1. The van der Waals surface area contributed by atoms with Gasteiger partial charge in [-0.1, -0.05) is 0 Å². The van der Waals surface area contributed by atoms with Crippen LogP contribution >= 0.6 is 11.6 Å². The van der Waals surface area contributed by atoms with Gasteiger partial charge in [0.25, 0.3) is 5.92 Å². The third-order valence-corrected chi connectivity index (χ3v) is 3.65. The average Bonchev–Trinajstić information content (AvgIpc) is 2.83. The smallest absolute Gasteiger partial charge is 0.410 e. The van der Waals surface area contributed by atoms with E-state index in [-0.39, 0.29) is 18.8 Å². The molecule has 1 aliphatic rings. The van der Waals surface area contributed by atoms with Crippen LogP contribution in [0.15, 0.2) is 12.4 Å². The Bertz CT molecular complexity index is 542. The van der Waals surface area contributed by atoms with E-state index < -0.39 is 30.2 Å². The molecule has 0 aliphatic carbocycles. The van der Waals surface area contributed by atoms with Crippen LogP contribution in [-0.4, -0.2) is 45.4 Å². The third-order valence-electron chi connectivity index (χ3n) is 3.34. The molecule has 1 aromatic heterocycles. The summed E-state index contributed by atoms with van der Waals surface area (Å²) >= 11 is 5.67. The van der Waals surface area contributed by atoms with Gasteiger partial charge in [-0.15, -0.1) is 11.6 Å². The Morgan fingerprint density at radius 1 is 1.55 bits per heavy atom. The number of likely N-dealkylation sites (tertiary alicyclic amines) is 1. The van der Waals surface area contributed by atoms with E-state index in [1.165, 1.54) is 17.1 Å². The van der Waals surface area contributed by atoms with Crippen LogP contribution in [-0.2, 0) is 10.6 Å². The van der Waals surface area contributed by atoms with Gasteiger partial charge in [0.15, 0.2) is 0 Å². The number of carbonyl (C=O) groups excluding carboxylic acids is 1. The van der Waals surface area contributed by atoms with Crippen molar-refractivity contribution in [3.8, 4) is 0 Å². The predicted molar refractivity (Wildman–Crippen MR) is 78.2 cm³/mol. The molecule has 1 atom stereocenters. The summed E-state index contributed by atoms with van der Waals surface area (Å²) in [6.45, 7) is 4.63. The number of aromatic nitrogens is 2. The number of nitrogens with zero attached hydrogens (tertiary/aromatic N) is 3. The second-order valence-electron chi connectivity index (χ2n) is 6.43. The topological polar surface area (TPSA) is 47.4 Å². The maximum Gasteiger partial charge on any atom is 0.410 e. The average molecular weight is 336 g/mol. The fourth-order valence-corrected chi connectivity index (χ4v) is 2.49. The first-order valence-corrected chi connectivity index (χ1v) is 7.60. The summed E-state index contributed by atoms with van der Waals surface area (Å²) in [6, 6.07) is -1.08. The minimum atomic E-state index is -3.08. The van der Waals surface area contributed by atoms with Crippen molar-refractivity contribution in [2.45, 2.75) is 50.6 Å². The highest BCUT2D eigenvalue weighted by Crippen LogP contribution is 2.36. The molecule has 1 aliphatic heterocycles. The van der Waals surface area contributed by atoms with Crippen molar-refractivity contribution < 1.29 is 18.3 Å². The van der Waals surface area contributed by atoms with Gasteiger partial charge < -0.3 is 9.64 Å². The summed E-state index contributed by atoms with van der Waals surface area (Å²) in [5.74, 6) is -2.85. The lowest BCUT2D eigenvalue weighted by atomic mass is 10.0. The minimum Gasteiger partial charge on any atom is -0.444 e. The first-order valence-electron chi connectivity index (χ1n) is 7.07. The molecule has 124 valence electrons. The number of hydrogen-bond donors (Lipinski definition) is 0. The van der Waals surface area contributed by atoms with Gasteiger partial charge in [0, 0.05) is 18.3 Å². The molecule has 0 spiro atoms. The largest absolute Gasteiger partial charge is 0.444 e. The van der Waals surface area contributed by atoms with Crippen LogP contribution in [0.3, 0.4) is 0 Å². The van der Waals surface area contributed by atoms with Crippen LogP contribution in [0.5, 0.6) is 0 Å². The van der Waals surface area contributed by atoms with Crippen molar-refractivity contribution in [2.24, 2.45) is 0 Å². The van der Waals surface area contributed by atoms with Crippen molar-refractivity contribution in [1.29, 1.82) is 0 Å². The van der Waals surface area contributed by atoms with Crippen molar-refractivity contribution in [1.82, 2.24) is 14.7 Å². The summed E-state index contributed by atoms with van der Waals surface area (Å²) in [4.78, 5) is 13.0. The molecule has 1 unspecified atom stereocenters. The summed E-state index contributed by atoms with van der Waals surface area (Å²) in [5.41, 5.74) is -0.0208. The van der Waals surface area contributed by atoms with E-state index in [1.54, 1.807) is 20.8 Å². The molecular weight excluding hydrogens is 316 g/mol. The number of hydrogen-bond acceptors (Lipinski definition) is 3. The molecule has 8 heteroatoms. The highest BCUT2D eigenvalue weighted by atomic mass is 35.5. The Morgan fingerprint density at radius 2 is 2.23 bits per heavy atom.